The Morgan fingerprint density at radius 2 is 2.06 bits per heavy atom. The average Bonchev–Trinajstić information content (AvgIpc) is 2.29. The zero-order chi connectivity index (χ0) is 11.5. The lowest BCUT2D eigenvalue weighted by Gasteiger charge is -2.36. The molecular weight excluding hydrogens is 200 g/mol. The van der Waals surface area contributed by atoms with Gasteiger partial charge in [0, 0.05) is 18.4 Å². The van der Waals surface area contributed by atoms with Gasteiger partial charge in [0.25, 0.3) is 0 Å². The summed E-state index contributed by atoms with van der Waals surface area (Å²) in [6.45, 7) is 0. The Kier molecular flexibility index (Phi) is 3.34. The van der Waals surface area contributed by atoms with Crippen molar-refractivity contribution in [3.05, 3.63) is 24.3 Å². The van der Waals surface area contributed by atoms with Crippen molar-refractivity contribution in [1.29, 1.82) is 0 Å². The summed E-state index contributed by atoms with van der Waals surface area (Å²) in [5.41, 5.74) is 7.63. The molecule has 2 rings (SSSR count). The summed E-state index contributed by atoms with van der Waals surface area (Å²) in [6.07, 6.45) is 4.11. The molecule has 1 saturated carbocycles. The highest BCUT2D eigenvalue weighted by atomic mass is 16.3. The average molecular weight is 220 g/mol. The molecule has 2 atom stereocenters. The van der Waals surface area contributed by atoms with E-state index in [1.807, 2.05) is 31.3 Å². The summed E-state index contributed by atoms with van der Waals surface area (Å²) in [7, 11) is 2.04. The number of rotatable bonds is 2. The number of likely N-dealkylation sites (N-methyl/N-ethyl adjacent to an activating group) is 1. The third kappa shape index (κ3) is 2.30. The molecule has 88 valence electrons. The first-order valence-electron chi connectivity index (χ1n) is 5.95. The van der Waals surface area contributed by atoms with Crippen molar-refractivity contribution in [2.24, 2.45) is 0 Å². The molecule has 0 bridgehead atoms. The normalized spacial score (nSPS) is 25.4. The largest absolute Gasteiger partial charge is 0.399 e. The predicted octanol–water partition coefficient (Wildman–Crippen LogP) is 2.01. The minimum atomic E-state index is -0.208. The summed E-state index contributed by atoms with van der Waals surface area (Å²) in [5, 5.41) is 10.00. The Morgan fingerprint density at radius 3 is 2.75 bits per heavy atom. The van der Waals surface area contributed by atoms with E-state index in [2.05, 4.69) is 4.90 Å². The highest BCUT2D eigenvalue weighted by Crippen LogP contribution is 2.27. The molecule has 0 saturated heterocycles. The van der Waals surface area contributed by atoms with Crippen LogP contribution in [-0.4, -0.2) is 24.3 Å². The standard InChI is InChI=1S/C13H20N2O/c1-15(11-6-4-5-10(14)9-11)12-7-2-3-8-13(12)16/h4-6,9,12-13,16H,2-3,7-8,14H2,1H3. The molecule has 0 heterocycles. The highest BCUT2D eigenvalue weighted by Gasteiger charge is 2.26. The van der Waals surface area contributed by atoms with Crippen molar-refractivity contribution in [2.45, 2.75) is 37.8 Å². The fourth-order valence-corrected chi connectivity index (χ4v) is 2.48. The van der Waals surface area contributed by atoms with Crippen LogP contribution in [0.3, 0.4) is 0 Å². The predicted molar refractivity (Wildman–Crippen MR) is 67.5 cm³/mol. The van der Waals surface area contributed by atoms with E-state index >= 15 is 0 Å². The van der Waals surface area contributed by atoms with Crippen LogP contribution in [0.15, 0.2) is 24.3 Å². The Hall–Kier alpha value is -1.22. The van der Waals surface area contributed by atoms with E-state index in [-0.39, 0.29) is 12.1 Å². The van der Waals surface area contributed by atoms with Crippen LogP contribution < -0.4 is 10.6 Å². The Balaban J connectivity index is 2.14. The van der Waals surface area contributed by atoms with Gasteiger partial charge in [-0.05, 0) is 31.0 Å². The lowest BCUT2D eigenvalue weighted by Crippen LogP contribution is -2.43. The van der Waals surface area contributed by atoms with Crippen LogP contribution in [0.25, 0.3) is 0 Å². The second kappa shape index (κ2) is 4.74. The molecule has 1 aliphatic rings. The van der Waals surface area contributed by atoms with Gasteiger partial charge in [-0.15, -0.1) is 0 Å². The molecule has 0 radical (unpaired) electrons. The van der Waals surface area contributed by atoms with Gasteiger partial charge in [0.2, 0.25) is 0 Å². The monoisotopic (exact) mass is 220 g/mol. The molecule has 1 aliphatic carbocycles. The maximum Gasteiger partial charge on any atom is 0.0743 e. The van der Waals surface area contributed by atoms with Crippen molar-refractivity contribution in [3.8, 4) is 0 Å². The maximum absolute atomic E-state index is 10.00. The third-order valence-corrected chi connectivity index (χ3v) is 3.47. The summed E-state index contributed by atoms with van der Waals surface area (Å²) in [4.78, 5) is 2.15. The number of nitrogens with two attached hydrogens (primary N) is 1. The summed E-state index contributed by atoms with van der Waals surface area (Å²) < 4.78 is 0. The van der Waals surface area contributed by atoms with Crippen molar-refractivity contribution in [1.82, 2.24) is 0 Å². The number of aliphatic hydroxyl groups excluding tert-OH is 1. The molecular formula is C13H20N2O. The minimum Gasteiger partial charge on any atom is -0.399 e. The highest BCUT2D eigenvalue weighted by molar-refractivity contribution is 5.56. The number of nitrogens with zero attached hydrogens (tertiary/aromatic N) is 1. The molecule has 1 fully saturated rings. The molecule has 3 heteroatoms. The Labute approximate surface area is 96.9 Å². The van der Waals surface area contributed by atoms with Gasteiger partial charge in [0.1, 0.15) is 0 Å². The Morgan fingerprint density at radius 1 is 1.31 bits per heavy atom. The molecule has 0 amide bonds. The van der Waals surface area contributed by atoms with E-state index in [0.29, 0.717) is 0 Å². The van der Waals surface area contributed by atoms with Crippen LogP contribution >= 0.6 is 0 Å². The molecule has 3 nitrogen and oxygen atoms in total. The topological polar surface area (TPSA) is 49.5 Å². The molecule has 1 aromatic rings. The molecule has 3 N–H and O–H groups in total. The maximum atomic E-state index is 10.00. The minimum absolute atomic E-state index is 0.208. The smallest absolute Gasteiger partial charge is 0.0743 e. The molecule has 0 spiro atoms. The van der Waals surface area contributed by atoms with Crippen molar-refractivity contribution >= 4 is 11.4 Å². The van der Waals surface area contributed by atoms with Crippen molar-refractivity contribution in [2.75, 3.05) is 17.7 Å². The van der Waals surface area contributed by atoms with Crippen molar-refractivity contribution in [3.63, 3.8) is 0 Å². The van der Waals surface area contributed by atoms with Crippen LogP contribution in [0.5, 0.6) is 0 Å². The van der Waals surface area contributed by atoms with Gasteiger partial charge in [-0.25, -0.2) is 0 Å². The third-order valence-electron chi connectivity index (χ3n) is 3.47. The first-order chi connectivity index (χ1) is 7.68. The van der Waals surface area contributed by atoms with Gasteiger partial charge in [-0.2, -0.15) is 0 Å². The van der Waals surface area contributed by atoms with E-state index < -0.39 is 0 Å². The van der Waals surface area contributed by atoms with Gasteiger partial charge < -0.3 is 15.7 Å². The number of aliphatic hydroxyl groups is 1. The van der Waals surface area contributed by atoms with Gasteiger partial charge in [-0.1, -0.05) is 18.9 Å². The second-order valence-corrected chi connectivity index (χ2v) is 4.63. The van der Waals surface area contributed by atoms with Gasteiger partial charge in [0.05, 0.1) is 12.1 Å². The van der Waals surface area contributed by atoms with Gasteiger partial charge in [0.15, 0.2) is 0 Å². The first kappa shape index (κ1) is 11.3. The van der Waals surface area contributed by atoms with Crippen LogP contribution in [-0.2, 0) is 0 Å². The van der Waals surface area contributed by atoms with Crippen LogP contribution in [0.1, 0.15) is 25.7 Å². The second-order valence-electron chi connectivity index (χ2n) is 4.63. The quantitative estimate of drug-likeness (QED) is 0.750. The lowest BCUT2D eigenvalue weighted by molar-refractivity contribution is 0.106. The van der Waals surface area contributed by atoms with Gasteiger partial charge >= 0.3 is 0 Å². The Bertz CT molecular complexity index is 354. The van der Waals surface area contributed by atoms with E-state index in [1.54, 1.807) is 0 Å². The molecule has 0 aliphatic heterocycles. The van der Waals surface area contributed by atoms with Crippen LogP contribution in [0.4, 0.5) is 11.4 Å². The van der Waals surface area contributed by atoms with Crippen LogP contribution in [0, 0.1) is 0 Å². The van der Waals surface area contributed by atoms with E-state index in [0.717, 1.165) is 30.6 Å². The summed E-state index contributed by atoms with van der Waals surface area (Å²) in [5.74, 6) is 0. The van der Waals surface area contributed by atoms with Gasteiger partial charge in [-0.3, -0.25) is 0 Å². The molecule has 16 heavy (non-hydrogen) atoms. The number of nitrogen functional groups attached to an aromatic ring is 1. The lowest BCUT2D eigenvalue weighted by atomic mass is 9.91. The molecule has 2 unspecified atom stereocenters. The van der Waals surface area contributed by atoms with E-state index in [9.17, 15) is 5.11 Å². The summed E-state index contributed by atoms with van der Waals surface area (Å²) >= 11 is 0. The zero-order valence-electron chi connectivity index (χ0n) is 9.76. The van der Waals surface area contributed by atoms with Crippen LogP contribution in [0.2, 0.25) is 0 Å². The number of hydrogen-bond acceptors (Lipinski definition) is 3. The number of hydrogen-bond donors (Lipinski definition) is 2. The SMILES string of the molecule is CN(c1cccc(N)c1)C1CCCCC1O. The fourth-order valence-electron chi connectivity index (χ4n) is 2.48. The molecule has 1 aromatic carbocycles. The number of benzene rings is 1. The first-order valence-corrected chi connectivity index (χ1v) is 5.95. The van der Waals surface area contributed by atoms with E-state index in [4.69, 9.17) is 5.73 Å². The summed E-state index contributed by atoms with van der Waals surface area (Å²) in [6, 6.07) is 8.07. The van der Waals surface area contributed by atoms with Crippen molar-refractivity contribution < 1.29 is 5.11 Å². The number of anilines is 2. The fraction of sp³-hybridized carbons (Fsp3) is 0.538. The molecule has 0 aromatic heterocycles. The zero-order valence-corrected chi connectivity index (χ0v) is 9.76. The van der Waals surface area contributed by atoms with E-state index in [1.165, 1.54) is 6.42 Å².